The number of halogens is 3. The molecule has 0 unspecified atom stereocenters. The van der Waals surface area contributed by atoms with Crippen molar-refractivity contribution in [2.24, 2.45) is 0 Å². The molecule has 0 fully saturated rings. The molecule has 2 aromatic rings. The lowest BCUT2D eigenvalue weighted by Gasteiger charge is -2.06. The van der Waals surface area contributed by atoms with Crippen molar-refractivity contribution in [1.82, 2.24) is 4.98 Å². The lowest BCUT2D eigenvalue weighted by molar-refractivity contribution is -0.136. The van der Waals surface area contributed by atoms with E-state index in [2.05, 4.69) is 4.98 Å². The van der Waals surface area contributed by atoms with Gasteiger partial charge in [-0.25, -0.2) is 4.79 Å². The first-order valence-corrected chi connectivity index (χ1v) is 4.96. The smallest absolute Gasteiger partial charge is 0.417 e. The molecule has 7 heteroatoms. The number of nitrogens with zero attached hydrogens (tertiary/aromatic N) is 1. The number of aromatic nitrogens is 1. The number of hydrogen-bond donors (Lipinski definition) is 1. The van der Waals surface area contributed by atoms with Crippen LogP contribution in [0.2, 0.25) is 0 Å². The van der Waals surface area contributed by atoms with Crippen molar-refractivity contribution in [2.45, 2.75) is 6.18 Å². The maximum atomic E-state index is 12.6. The number of carboxylic acids is 1. The van der Waals surface area contributed by atoms with Gasteiger partial charge in [-0.3, -0.25) is 4.98 Å². The van der Waals surface area contributed by atoms with Crippen LogP contribution in [0, 0.1) is 0 Å². The molecule has 2 aromatic heterocycles. The molecule has 3 nitrogen and oxygen atoms in total. The Morgan fingerprint density at radius 2 is 2.12 bits per heavy atom. The predicted molar refractivity (Wildman–Crippen MR) is 51.6 cm³/mol. The van der Waals surface area contributed by atoms with Gasteiger partial charge in [-0.1, -0.05) is 0 Å². The van der Waals surface area contributed by atoms with Gasteiger partial charge in [0, 0.05) is 11.6 Å². The fourth-order valence-electron chi connectivity index (χ4n) is 1.31. The van der Waals surface area contributed by atoms with E-state index < -0.39 is 17.7 Å². The molecule has 84 valence electrons. The molecule has 0 aliphatic carbocycles. The summed E-state index contributed by atoms with van der Waals surface area (Å²) in [5.74, 6) is -1.28. The van der Waals surface area contributed by atoms with Crippen LogP contribution in [0.25, 0.3) is 10.2 Å². The van der Waals surface area contributed by atoms with E-state index in [4.69, 9.17) is 5.11 Å². The summed E-state index contributed by atoms with van der Waals surface area (Å²) in [5.41, 5.74) is -1.17. The van der Waals surface area contributed by atoms with Crippen molar-refractivity contribution < 1.29 is 23.1 Å². The largest absolute Gasteiger partial charge is 0.478 e. The average molecular weight is 247 g/mol. The monoisotopic (exact) mass is 247 g/mol. The maximum Gasteiger partial charge on any atom is 0.417 e. The molecule has 0 bridgehead atoms. The van der Waals surface area contributed by atoms with Gasteiger partial charge in [-0.15, -0.1) is 11.3 Å². The van der Waals surface area contributed by atoms with Crippen LogP contribution >= 0.6 is 11.3 Å². The molecule has 2 rings (SSSR count). The summed E-state index contributed by atoms with van der Waals surface area (Å²) < 4.78 is 37.5. The standard InChI is InChI=1S/C9H4F3NO2S/c10-9(11,12)5-1-2-13-6-4(8(14)15)3-16-7(5)6/h1-3H,(H,14,15). The second kappa shape index (κ2) is 3.44. The van der Waals surface area contributed by atoms with Crippen LogP contribution < -0.4 is 0 Å². The first-order valence-electron chi connectivity index (χ1n) is 4.08. The highest BCUT2D eigenvalue weighted by Crippen LogP contribution is 2.37. The number of carboxylic acid groups (broad SMARTS) is 1. The summed E-state index contributed by atoms with van der Waals surface area (Å²) in [5, 5.41) is 9.91. The predicted octanol–water partition coefficient (Wildman–Crippen LogP) is 3.01. The van der Waals surface area contributed by atoms with E-state index in [1.165, 1.54) is 0 Å². The first kappa shape index (κ1) is 10.9. The van der Waals surface area contributed by atoms with Crippen molar-refractivity contribution in [2.75, 3.05) is 0 Å². The summed E-state index contributed by atoms with van der Waals surface area (Å²) in [6.45, 7) is 0. The number of pyridine rings is 1. The summed E-state index contributed by atoms with van der Waals surface area (Å²) in [6.07, 6.45) is -3.54. The number of aromatic carboxylic acids is 1. The second-order valence-electron chi connectivity index (χ2n) is 2.99. The SMILES string of the molecule is O=C(O)c1csc2c(C(F)(F)F)ccnc12. The Kier molecular flexibility index (Phi) is 2.34. The molecule has 0 aliphatic heterocycles. The normalized spacial score (nSPS) is 11.9. The minimum atomic E-state index is -4.50. The summed E-state index contributed by atoms with van der Waals surface area (Å²) >= 11 is 0.732. The van der Waals surface area contributed by atoms with Crippen LogP contribution in [0.4, 0.5) is 13.2 Å². The molecule has 0 amide bonds. The summed E-state index contributed by atoms with van der Waals surface area (Å²) in [7, 11) is 0. The van der Waals surface area contributed by atoms with Crippen molar-refractivity contribution in [3.8, 4) is 0 Å². The minimum Gasteiger partial charge on any atom is -0.478 e. The van der Waals surface area contributed by atoms with E-state index in [1.807, 2.05) is 0 Å². The molecule has 0 aromatic carbocycles. The van der Waals surface area contributed by atoms with Crippen LogP contribution in [0.1, 0.15) is 15.9 Å². The maximum absolute atomic E-state index is 12.6. The van der Waals surface area contributed by atoms with Crippen LogP contribution in [-0.2, 0) is 6.18 Å². The summed E-state index contributed by atoms with van der Waals surface area (Å²) in [6, 6.07) is 0.838. The third-order valence-corrected chi connectivity index (χ3v) is 2.99. The van der Waals surface area contributed by atoms with Gasteiger partial charge >= 0.3 is 12.1 Å². The number of carbonyl (C=O) groups is 1. The summed E-state index contributed by atoms with van der Waals surface area (Å²) in [4.78, 5) is 14.4. The highest BCUT2D eigenvalue weighted by molar-refractivity contribution is 7.17. The third-order valence-electron chi connectivity index (χ3n) is 1.99. The fraction of sp³-hybridized carbons (Fsp3) is 0.111. The zero-order valence-corrected chi connectivity index (χ0v) is 8.39. The van der Waals surface area contributed by atoms with Crippen LogP contribution in [-0.4, -0.2) is 16.1 Å². The van der Waals surface area contributed by atoms with Crippen molar-refractivity contribution in [1.29, 1.82) is 0 Å². The molecule has 0 atom stereocenters. The lowest BCUT2D eigenvalue weighted by Crippen LogP contribution is -2.05. The van der Waals surface area contributed by atoms with E-state index in [-0.39, 0.29) is 15.8 Å². The van der Waals surface area contributed by atoms with Gasteiger partial charge in [0.25, 0.3) is 0 Å². The number of fused-ring (bicyclic) bond motifs is 1. The fourth-order valence-corrected chi connectivity index (χ4v) is 2.34. The van der Waals surface area contributed by atoms with Gasteiger partial charge in [0.1, 0.15) is 0 Å². The highest BCUT2D eigenvalue weighted by atomic mass is 32.1. The third kappa shape index (κ3) is 1.63. The Morgan fingerprint density at radius 3 is 2.69 bits per heavy atom. The highest BCUT2D eigenvalue weighted by Gasteiger charge is 2.34. The van der Waals surface area contributed by atoms with Crippen LogP contribution in [0.5, 0.6) is 0 Å². The zero-order chi connectivity index (χ0) is 11.9. The van der Waals surface area contributed by atoms with E-state index in [1.54, 1.807) is 0 Å². The molecule has 0 aliphatic rings. The van der Waals surface area contributed by atoms with Crippen LogP contribution in [0.3, 0.4) is 0 Å². The van der Waals surface area contributed by atoms with Gasteiger partial charge in [0.15, 0.2) is 0 Å². The second-order valence-corrected chi connectivity index (χ2v) is 3.87. The average Bonchev–Trinajstić information content (AvgIpc) is 2.58. The van der Waals surface area contributed by atoms with Gasteiger partial charge in [0.2, 0.25) is 0 Å². The van der Waals surface area contributed by atoms with E-state index in [9.17, 15) is 18.0 Å². The van der Waals surface area contributed by atoms with Crippen molar-refractivity contribution >= 4 is 27.5 Å². The Balaban J connectivity index is 2.77. The molecule has 0 spiro atoms. The molecule has 2 heterocycles. The number of rotatable bonds is 1. The first-order chi connectivity index (χ1) is 7.41. The molecule has 1 N–H and O–H groups in total. The molecule has 0 saturated heterocycles. The molecular weight excluding hydrogens is 243 g/mol. The Hall–Kier alpha value is -1.63. The molecule has 0 radical (unpaired) electrons. The Labute approximate surface area is 91.2 Å². The van der Waals surface area contributed by atoms with Gasteiger partial charge in [-0.05, 0) is 6.07 Å². The Morgan fingerprint density at radius 1 is 1.44 bits per heavy atom. The quantitative estimate of drug-likeness (QED) is 0.842. The van der Waals surface area contributed by atoms with Crippen molar-refractivity contribution in [3.05, 3.63) is 28.8 Å². The van der Waals surface area contributed by atoms with Gasteiger partial charge in [-0.2, -0.15) is 13.2 Å². The molecular formula is C9H4F3NO2S. The van der Waals surface area contributed by atoms with Crippen molar-refractivity contribution in [3.63, 3.8) is 0 Å². The minimum absolute atomic E-state index is 0.118. The number of alkyl halides is 3. The topological polar surface area (TPSA) is 50.2 Å². The zero-order valence-electron chi connectivity index (χ0n) is 7.58. The lowest BCUT2D eigenvalue weighted by atomic mass is 10.2. The van der Waals surface area contributed by atoms with E-state index in [0.29, 0.717) is 0 Å². The molecule has 0 saturated carbocycles. The van der Waals surface area contributed by atoms with E-state index >= 15 is 0 Å². The van der Waals surface area contributed by atoms with Crippen LogP contribution in [0.15, 0.2) is 17.6 Å². The number of hydrogen-bond acceptors (Lipinski definition) is 3. The van der Waals surface area contributed by atoms with E-state index in [0.717, 1.165) is 29.0 Å². The number of thiophene rings is 1. The molecule has 16 heavy (non-hydrogen) atoms. The van der Waals surface area contributed by atoms with Gasteiger partial charge < -0.3 is 5.11 Å². The Bertz CT molecular complexity index is 561. The van der Waals surface area contributed by atoms with Gasteiger partial charge in [0.05, 0.1) is 21.3 Å².